The Bertz CT molecular complexity index is 1390. The maximum absolute atomic E-state index is 12.9. The van der Waals surface area contributed by atoms with Gasteiger partial charge >= 0.3 is 11.9 Å². The van der Waals surface area contributed by atoms with E-state index in [-0.39, 0.29) is 22.9 Å². The van der Waals surface area contributed by atoms with E-state index in [4.69, 9.17) is 16.3 Å². The number of hydrogen-bond donors (Lipinski definition) is 0. The monoisotopic (exact) mass is 534 g/mol. The topological polar surface area (TPSA) is 89.7 Å². The smallest absolute Gasteiger partial charge is 0.416 e. The molecular formula is C24H14ClF3N2O5S. The van der Waals surface area contributed by atoms with Crippen molar-refractivity contribution in [3.05, 3.63) is 103 Å². The molecule has 1 aliphatic rings. The predicted octanol–water partition coefficient (Wildman–Crippen LogP) is 7.30. The summed E-state index contributed by atoms with van der Waals surface area (Å²) in [5.74, 6) is -0.787. The lowest BCUT2D eigenvalue weighted by molar-refractivity contribution is -0.385. The van der Waals surface area contributed by atoms with E-state index in [0.717, 1.165) is 28.3 Å². The SMILES string of the molecule is O=C1S/C(=C/c2cccc(Oc3ccc(C(F)(F)F)cc3[N+](=O)[O-])c2)C(=O)N1Cc1ccc(Cl)cc1. The van der Waals surface area contributed by atoms with Crippen LogP contribution in [0.4, 0.5) is 23.7 Å². The molecule has 4 rings (SSSR count). The summed E-state index contributed by atoms with van der Waals surface area (Å²) in [5, 5.41) is 11.4. The zero-order chi connectivity index (χ0) is 26.0. The highest BCUT2D eigenvalue weighted by Crippen LogP contribution is 2.38. The average Bonchev–Trinajstić information content (AvgIpc) is 3.07. The fourth-order valence-corrected chi connectivity index (χ4v) is 4.24. The molecule has 1 aliphatic heterocycles. The molecule has 0 aromatic heterocycles. The van der Waals surface area contributed by atoms with Gasteiger partial charge in [-0.05, 0) is 65.4 Å². The summed E-state index contributed by atoms with van der Waals surface area (Å²) in [6.45, 7) is 0.0694. The van der Waals surface area contributed by atoms with Crippen molar-refractivity contribution in [2.75, 3.05) is 0 Å². The molecule has 0 aliphatic carbocycles. The second kappa shape index (κ2) is 10.0. The fraction of sp³-hybridized carbons (Fsp3) is 0.0833. The first-order valence-electron chi connectivity index (χ1n) is 10.1. The molecule has 7 nitrogen and oxygen atoms in total. The normalized spacial score (nSPS) is 15.0. The number of imide groups is 1. The van der Waals surface area contributed by atoms with Gasteiger partial charge in [-0.15, -0.1) is 0 Å². The van der Waals surface area contributed by atoms with Crippen LogP contribution in [0, 0.1) is 10.1 Å². The third-order valence-electron chi connectivity index (χ3n) is 4.99. The molecule has 3 aromatic rings. The Labute approximate surface area is 211 Å². The molecule has 3 aromatic carbocycles. The molecule has 1 heterocycles. The molecule has 0 atom stereocenters. The Morgan fingerprint density at radius 1 is 1.06 bits per heavy atom. The van der Waals surface area contributed by atoms with Crippen molar-refractivity contribution in [3.63, 3.8) is 0 Å². The minimum absolute atomic E-state index is 0.0694. The third kappa shape index (κ3) is 5.69. The summed E-state index contributed by atoms with van der Waals surface area (Å²) < 4.78 is 44.3. The maximum atomic E-state index is 12.9. The highest BCUT2D eigenvalue weighted by Gasteiger charge is 2.35. The highest BCUT2D eigenvalue weighted by atomic mass is 35.5. The van der Waals surface area contributed by atoms with Crippen molar-refractivity contribution in [2.45, 2.75) is 12.7 Å². The van der Waals surface area contributed by atoms with Crippen LogP contribution in [0.5, 0.6) is 11.5 Å². The summed E-state index contributed by atoms with van der Waals surface area (Å²) in [6, 6.07) is 14.7. The van der Waals surface area contributed by atoms with E-state index in [1.54, 1.807) is 30.3 Å². The quantitative estimate of drug-likeness (QED) is 0.187. The number of nitro groups is 1. The highest BCUT2D eigenvalue weighted by molar-refractivity contribution is 8.18. The van der Waals surface area contributed by atoms with Crippen LogP contribution in [0.25, 0.3) is 6.08 Å². The van der Waals surface area contributed by atoms with E-state index < -0.39 is 33.5 Å². The van der Waals surface area contributed by atoms with E-state index in [0.29, 0.717) is 22.7 Å². The Balaban J connectivity index is 1.55. The lowest BCUT2D eigenvalue weighted by Gasteiger charge is -2.12. The largest absolute Gasteiger partial charge is 0.450 e. The molecule has 1 fully saturated rings. The number of amides is 2. The first-order chi connectivity index (χ1) is 17.0. The summed E-state index contributed by atoms with van der Waals surface area (Å²) >= 11 is 6.62. The number of hydrogen-bond acceptors (Lipinski definition) is 6. The molecule has 0 unspecified atom stereocenters. The van der Waals surface area contributed by atoms with Crippen molar-refractivity contribution in [3.8, 4) is 11.5 Å². The summed E-state index contributed by atoms with van der Waals surface area (Å²) in [6.07, 6.45) is -3.29. The van der Waals surface area contributed by atoms with E-state index >= 15 is 0 Å². The van der Waals surface area contributed by atoms with E-state index in [2.05, 4.69) is 0 Å². The van der Waals surface area contributed by atoms with E-state index in [9.17, 15) is 32.9 Å². The van der Waals surface area contributed by atoms with Gasteiger partial charge in [-0.25, -0.2) is 0 Å². The molecule has 0 radical (unpaired) electrons. The molecule has 0 bridgehead atoms. The van der Waals surface area contributed by atoms with Crippen LogP contribution in [0.3, 0.4) is 0 Å². The number of rotatable bonds is 6. The number of thioether (sulfide) groups is 1. The molecule has 0 saturated carbocycles. The zero-order valence-corrected chi connectivity index (χ0v) is 19.6. The van der Waals surface area contributed by atoms with Gasteiger partial charge in [0.2, 0.25) is 5.75 Å². The second-order valence-electron chi connectivity index (χ2n) is 7.51. The van der Waals surface area contributed by atoms with E-state index in [1.807, 2.05) is 0 Å². The Morgan fingerprint density at radius 2 is 1.78 bits per heavy atom. The van der Waals surface area contributed by atoms with Crippen LogP contribution in [0.1, 0.15) is 16.7 Å². The molecule has 0 spiro atoms. The summed E-state index contributed by atoms with van der Waals surface area (Å²) in [7, 11) is 0. The standard InChI is InChI=1S/C24H14ClF3N2O5S/c25-17-7-4-14(5-8-17)13-29-22(31)21(36-23(29)32)11-15-2-1-3-18(10-15)35-20-9-6-16(24(26,27)28)12-19(20)30(33)34/h1-12H,13H2/b21-11+. The molecule has 1 saturated heterocycles. The number of carbonyl (C=O) groups excluding carboxylic acids is 2. The molecule has 12 heteroatoms. The first kappa shape index (κ1) is 25.3. The third-order valence-corrected chi connectivity index (χ3v) is 6.15. The lowest BCUT2D eigenvalue weighted by atomic mass is 10.1. The number of ether oxygens (including phenoxy) is 1. The molecular weight excluding hydrogens is 521 g/mol. The molecule has 0 N–H and O–H groups in total. The lowest BCUT2D eigenvalue weighted by Crippen LogP contribution is -2.27. The van der Waals surface area contributed by atoms with Gasteiger partial charge in [-0.1, -0.05) is 35.9 Å². The fourth-order valence-electron chi connectivity index (χ4n) is 3.28. The van der Waals surface area contributed by atoms with Crippen LogP contribution in [-0.2, 0) is 17.5 Å². The van der Waals surface area contributed by atoms with Crippen molar-refractivity contribution in [2.24, 2.45) is 0 Å². The number of nitro benzene ring substituents is 1. The predicted molar refractivity (Wildman–Crippen MR) is 128 cm³/mol. The number of halogens is 4. The molecule has 184 valence electrons. The van der Waals surface area contributed by atoms with Gasteiger partial charge in [0.05, 0.1) is 21.9 Å². The maximum Gasteiger partial charge on any atom is 0.416 e. The molecule has 36 heavy (non-hydrogen) atoms. The van der Waals surface area contributed by atoms with Gasteiger partial charge in [-0.3, -0.25) is 24.6 Å². The van der Waals surface area contributed by atoms with Gasteiger partial charge in [0.25, 0.3) is 11.1 Å². The molecule has 2 amide bonds. The minimum atomic E-state index is -4.75. The van der Waals surface area contributed by atoms with Crippen molar-refractivity contribution in [1.82, 2.24) is 4.90 Å². The second-order valence-corrected chi connectivity index (χ2v) is 8.94. The van der Waals surface area contributed by atoms with Crippen molar-refractivity contribution in [1.29, 1.82) is 0 Å². The van der Waals surface area contributed by atoms with Gasteiger partial charge < -0.3 is 4.74 Å². The Kier molecular flexibility index (Phi) is 7.04. The van der Waals surface area contributed by atoms with Crippen LogP contribution in [0.15, 0.2) is 71.6 Å². The van der Waals surface area contributed by atoms with Crippen molar-refractivity contribution >= 4 is 46.3 Å². The first-order valence-corrected chi connectivity index (χ1v) is 11.3. The van der Waals surface area contributed by atoms with Crippen LogP contribution in [-0.4, -0.2) is 21.0 Å². The van der Waals surface area contributed by atoms with Crippen LogP contribution in [0.2, 0.25) is 5.02 Å². The Hall–Kier alpha value is -3.83. The number of nitrogens with zero attached hydrogens (tertiary/aromatic N) is 2. The van der Waals surface area contributed by atoms with E-state index in [1.165, 1.54) is 24.3 Å². The minimum Gasteiger partial charge on any atom is -0.450 e. The zero-order valence-electron chi connectivity index (χ0n) is 18.0. The Morgan fingerprint density at radius 3 is 2.44 bits per heavy atom. The average molecular weight is 535 g/mol. The van der Waals surface area contributed by atoms with Gasteiger partial charge in [-0.2, -0.15) is 13.2 Å². The van der Waals surface area contributed by atoms with Gasteiger partial charge in [0, 0.05) is 11.1 Å². The number of benzene rings is 3. The van der Waals surface area contributed by atoms with Crippen LogP contribution >= 0.6 is 23.4 Å². The van der Waals surface area contributed by atoms with Crippen LogP contribution < -0.4 is 4.74 Å². The number of carbonyl (C=O) groups is 2. The van der Waals surface area contributed by atoms with Crippen molar-refractivity contribution < 1.29 is 32.4 Å². The number of alkyl halides is 3. The summed E-state index contributed by atoms with van der Waals surface area (Å²) in [4.78, 5) is 36.8. The van der Waals surface area contributed by atoms with Gasteiger partial charge in [0.15, 0.2) is 0 Å². The van der Waals surface area contributed by atoms with Gasteiger partial charge in [0.1, 0.15) is 5.75 Å². The summed E-state index contributed by atoms with van der Waals surface area (Å²) in [5.41, 5.74) is -0.862.